The maximum atomic E-state index is 12.5. The van der Waals surface area contributed by atoms with Crippen LogP contribution in [-0.2, 0) is 9.53 Å². The Kier molecular flexibility index (Phi) is 4.21. The minimum absolute atomic E-state index is 0.104. The van der Waals surface area contributed by atoms with Crippen molar-refractivity contribution in [3.05, 3.63) is 23.5 Å². The molecule has 0 saturated heterocycles. The third kappa shape index (κ3) is 3.01. The number of carbonyl (C=O) groups is 2. The fraction of sp³-hybridized carbons (Fsp3) is 0.429. The van der Waals surface area contributed by atoms with E-state index in [0.29, 0.717) is 22.4 Å². The number of pyridine rings is 1. The molecule has 1 amide bonds. The van der Waals surface area contributed by atoms with E-state index >= 15 is 0 Å². The summed E-state index contributed by atoms with van der Waals surface area (Å²) in [7, 11) is 1.29. The third-order valence-electron chi connectivity index (χ3n) is 3.17. The number of rotatable bonds is 4. The summed E-state index contributed by atoms with van der Waals surface area (Å²) in [6.07, 6.45) is 1.42. The van der Waals surface area contributed by atoms with Crippen LogP contribution in [0.3, 0.4) is 0 Å². The largest absolute Gasteiger partial charge is 0.468 e. The number of carbonyl (C=O) groups excluding carboxylic acids is 2. The number of hydrogen-bond acceptors (Lipinski definition) is 6. The van der Waals surface area contributed by atoms with Crippen LogP contribution in [0, 0.1) is 6.92 Å². The van der Waals surface area contributed by atoms with Crippen LogP contribution in [0.1, 0.15) is 29.9 Å². The minimum Gasteiger partial charge on any atom is -0.468 e. The van der Waals surface area contributed by atoms with Crippen LogP contribution in [0.5, 0.6) is 0 Å². The molecule has 0 aliphatic rings. The Morgan fingerprint density at radius 1 is 1.43 bits per heavy atom. The van der Waals surface area contributed by atoms with Gasteiger partial charge >= 0.3 is 5.97 Å². The number of esters is 1. The number of nitrogens with zero attached hydrogens (tertiary/aromatic N) is 3. The summed E-state index contributed by atoms with van der Waals surface area (Å²) in [5.41, 5.74) is 1.43. The number of amides is 1. The van der Waals surface area contributed by atoms with Crippen molar-refractivity contribution < 1.29 is 18.8 Å². The summed E-state index contributed by atoms with van der Waals surface area (Å²) in [5, 5.41) is 4.48. The van der Waals surface area contributed by atoms with Crippen molar-refractivity contribution in [1.82, 2.24) is 15.0 Å². The lowest BCUT2D eigenvalue weighted by Gasteiger charge is -2.25. The van der Waals surface area contributed by atoms with Crippen LogP contribution < -0.4 is 0 Å². The molecule has 2 aromatic heterocycles. The van der Waals surface area contributed by atoms with E-state index in [-0.39, 0.29) is 18.5 Å². The van der Waals surface area contributed by atoms with Gasteiger partial charge in [-0.25, -0.2) is 4.98 Å². The molecule has 0 N–H and O–H groups in total. The first-order valence-electron chi connectivity index (χ1n) is 6.54. The summed E-state index contributed by atoms with van der Waals surface area (Å²) in [4.78, 5) is 29.5. The monoisotopic (exact) mass is 291 g/mol. The second-order valence-electron chi connectivity index (χ2n) is 4.95. The zero-order valence-corrected chi connectivity index (χ0v) is 12.4. The van der Waals surface area contributed by atoms with Crippen LogP contribution >= 0.6 is 0 Å². The van der Waals surface area contributed by atoms with Gasteiger partial charge in [-0.15, -0.1) is 0 Å². The number of aryl methyl sites for hydroxylation is 1. The van der Waals surface area contributed by atoms with Crippen molar-refractivity contribution in [2.45, 2.75) is 26.8 Å². The number of aromatic nitrogens is 2. The number of fused-ring (bicyclic) bond motifs is 1. The molecule has 0 radical (unpaired) electrons. The van der Waals surface area contributed by atoms with E-state index in [9.17, 15) is 9.59 Å². The van der Waals surface area contributed by atoms with Crippen LogP contribution in [0.15, 0.2) is 16.8 Å². The fourth-order valence-corrected chi connectivity index (χ4v) is 1.92. The lowest BCUT2D eigenvalue weighted by atomic mass is 10.1. The van der Waals surface area contributed by atoms with Gasteiger partial charge in [0.25, 0.3) is 11.6 Å². The Balaban J connectivity index is 2.33. The smallest absolute Gasteiger partial charge is 0.325 e. The van der Waals surface area contributed by atoms with Gasteiger partial charge in [0, 0.05) is 12.2 Å². The van der Waals surface area contributed by atoms with Crippen molar-refractivity contribution in [2.75, 3.05) is 13.7 Å². The van der Waals surface area contributed by atoms with Crippen LogP contribution in [-0.4, -0.2) is 46.6 Å². The van der Waals surface area contributed by atoms with Crippen LogP contribution in [0.2, 0.25) is 0 Å². The Bertz CT molecular complexity index is 678. The fourth-order valence-electron chi connectivity index (χ4n) is 1.92. The molecule has 0 atom stereocenters. The Morgan fingerprint density at radius 3 is 2.76 bits per heavy atom. The number of ether oxygens (including phenoxy) is 1. The average molecular weight is 291 g/mol. The molecule has 0 aromatic carbocycles. The number of hydrogen-bond donors (Lipinski definition) is 0. The van der Waals surface area contributed by atoms with Crippen LogP contribution in [0.25, 0.3) is 11.1 Å². The van der Waals surface area contributed by atoms with Gasteiger partial charge in [0.05, 0.1) is 23.8 Å². The van der Waals surface area contributed by atoms with E-state index in [1.165, 1.54) is 18.2 Å². The highest BCUT2D eigenvalue weighted by molar-refractivity contribution is 5.98. The van der Waals surface area contributed by atoms with Gasteiger partial charge in [-0.05, 0) is 26.8 Å². The summed E-state index contributed by atoms with van der Waals surface area (Å²) < 4.78 is 9.63. The first kappa shape index (κ1) is 15.0. The molecule has 7 nitrogen and oxygen atoms in total. The lowest BCUT2D eigenvalue weighted by molar-refractivity contribution is -0.141. The first-order chi connectivity index (χ1) is 9.93. The molecule has 2 heterocycles. The second-order valence-corrected chi connectivity index (χ2v) is 4.95. The number of methoxy groups -OCH3 is 1. The van der Waals surface area contributed by atoms with Gasteiger partial charge in [0.15, 0.2) is 0 Å². The molecule has 0 saturated carbocycles. The quantitative estimate of drug-likeness (QED) is 0.794. The predicted molar refractivity (Wildman–Crippen MR) is 74.7 cm³/mol. The normalized spacial score (nSPS) is 10.9. The highest BCUT2D eigenvalue weighted by Crippen LogP contribution is 2.18. The molecule has 21 heavy (non-hydrogen) atoms. The standard InChI is InChI=1S/C14H17N3O4/c1-8(2)17(7-12(18)20-4)14(19)10-5-11-9(3)16-21-13(11)15-6-10/h5-6,8H,7H2,1-4H3. The maximum Gasteiger partial charge on any atom is 0.325 e. The van der Waals surface area contributed by atoms with Crippen molar-refractivity contribution in [1.29, 1.82) is 0 Å². The minimum atomic E-state index is -0.466. The van der Waals surface area contributed by atoms with Crippen molar-refractivity contribution >= 4 is 23.0 Å². The van der Waals surface area contributed by atoms with E-state index in [0.717, 1.165) is 0 Å². The third-order valence-corrected chi connectivity index (χ3v) is 3.17. The molecule has 7 heteroatoms. The van der Waals surface area contributed by atoms with Gasteiger partial charge in [-0.2, -0.15) is 0 Å². The zero-order chi connectivity index (χ0) is 15.6. The summed E-state index contributed by atoms with van der Waals surface area (Å²) in [6.45, 7) is 5.33. The van der Waals surface area contributed by atoms with Crippen molar-refractivity contribution in [3.8, 4) is 0 Å². The van der Waals surface area contributed by atoms with E-state index in [4.69, 9.17) is 4.52 Å². The van der Waals surface area contributed by atoms with Crippen molar-refractivity contribution in [2.24, 2.45) is 0 Å². The van der Waals surface area contributed by atoms with Gasteiger partial charge in [-0.3, -0.25) is 9.59 Å². The lowest BCUT2D eigenvalue weighted by Crippen LogP contribution is -2.41. The molecular formula is C14H17N3O4. The topological polar surface area (TPSA) is 85.5 Å². The van der Waals surface area contributed by atoms with Gasteiger partial charge in [0.1, 0.15) is 6.54 Å². The van der Waals surface area contributed by atoms with Gasteiger partial charge in [-0.1, -0.05) is 5.16 Å². The summed E-state index contributed by atoms with van der Waals surface area (Å²) in [6, 6.07) is 1.53. The molecule has 0 bridgehead atoms. The van der Waals surface area contributed by atoms with E-state index < -0.39 is 5.97 Å². The predicted octanol–water partition coefficient (Wildman–Crippen LogP) is 1.55. The highest BCUT2D eigenvalue weighted by atomic mass is 16.5. The summed E-state index contributed by atoms with van der Waals surface area (Å²) >= 11 is 0. The molecular weight excluding hydrogens is 274 g/mol. The SMILES string of the molecule is COC(=O)CN(C(=O)c1cnc2onc(C)c2c1)C(C)C. The molecule has 2 aromatic rings. The van der Waals surface area contributed by atoms with E-state index in [2.05, 4.69) is 14.9 Å². The maximum absolute atomic E-state index is 12.5. The Hall–Kier alpha value is -2.44. The molecule has 2 rings (SSSR count). The van der Waals surface area contributed by atoms with Crippen molar-refractivity contribution in [3.63, 3.8) is 0 Å². The molecule has 112 valence electrons. The second kappa shape index (κ2) is 5.90. The molecule has 0 unspecified atom stereocenters. The highest BCUT2D eigenvalue weighted by Gasteiger charge is 2.23. The van der Waals surface area contributed by atoms with Crippen LogP contribution in [0.4, 0.5) is 0 Å². The zero-order valence-electron chi connectivity index (χ0n) is 12.4. The molecule has 0 aliphatic carbocycles. The van der Waals surface area contributed by atoms with Gasteiger partial charge in [0.2, 0.25) is 0 Å². The molecule has 0 aliphatic heterocycles. The molecule has 0 spiro atoms. The first-order valence-corrected chi connectivity index (χ1v) is 6.54. The van der Waals surface area contributed by atoms with E-state index in [1.54, 1.807) is 13.0 Å². The molecule has 0 fully saturated rings. The Morgan fingerprint density at radius 2 is 2.14 bits per heavy atom. The average Bonchev–Trinajstić information content (AvgIpc) is 2.84. The van der Waals surface area contributed by atoms with Gasteiger partial charge < -0.3 is 14.2 Å². The van der Waals surface area contributed by atoms with E-state index in [1.807, 2.05) is 13.8 Å². The Labute approximate surface area is 121 Å². The summed E-state index contributed by atoms with van der Waals surface area (Å²) in [5.74, 6) is -0.752.